The van der Waals surface area contributed by atoms with Gasteiger partial charge in [0, 0.05) is 47.2 Å². The molecular formula is C38H70N4O4. The number of carbonyl (C=O) groups is 2. The van der Waals surface area contributed by atoms with Gasteiger partial charge in [-0.3, -0.25) is 9.69 Å². The SMILES string of the molecule is CC1(C)CC(C2CCCCN2OC(=O)C(CCCCCCCC(=O)O)N2CCCCC2C2CC(C)(C)NC(C)(C)C2)CC(C)(C)N1. The number of carboxylic acid groups (broad SMARTS) is 1. The Kier molecular flexibility index (Phi) is 12.7. The number of carboxylic acids is 1. The van der Waals surface area contributed by atoms with Crippen LogP contribution in [0, 0.1) is 11.8 Å². The minimum Gasteiger partial charge on any atom is -0.481 e. The Labute approximate surface area is 281 Å². The highest BCUT2D eigenvalue weighted by Crippen LogP contribution is 2.42. The van der Waals surface area contributed by atoms with Crippen LogP contribution >= 0.6 is 0 Å². The molecule has 3 N–H and O–H groups in total. The van der Waals surface area contributed by atoms with Gasteiger partial charge in [0.25, 0.3) is 0 Å². The van der Waals surface area contributed by atoms with Gasteiger partial charge in [-0.05, 0) is 138 Å². The van der Waals surface area contributed by atoms with Crippen molar-refractivity contribution in [1.29, 1.82) is 0 Å². The van der Waals surface area contributed by atoms with Crippen LogP contribution in [0.1, 0.15) is 165 Å². The molecule has 4 aliphatic heterocycles. The Morgan fingerprint density at radius 1 is 0.696 bits per heavy atom. The van der Waals surface area contributed by atoms with Gasteiger partial charge < -0.3 is 20.6 Å². The number of piperidine rings is 4. The van der Waals surface area contributed by atoms with Gasteiger partial charge in [0.1, 0.15) is 6.04 Å². The number of hydroxylamine groups is 2. The molecule has 0 radical (unpaired) electrons. The van der Waals surface area contributed by atoms with Gasteiger partial charge in [-0.25, -0.2) is 4.79 Å². The quantitative estimate of drug-likeness (QED) is 0.178. The van der Waals surface area contributed by atoms with Gasteiger partial charge in [0.05, 0.1) is 0 Å². The molecule has 8 nitrogen and oxygen atoms in total. The molecular weight excluding hydrogens is 576 g/mol. The lowest BCUT2D eigenvalue weighted by atomic mass is 9.71. The molecule has 0 aliphatic carbocycles. The maximum absolute atomic E-state index is 14.5. The molecule has 4 rings (SSSR count). The first-order valence-corrected chi connectivity index (χ1v) is 19.0. The Bertz CT molecular complexity index is 979. The lowest BCUT2D eigenvalue weighted by molar-refractivity contribution is -0.224. The summed E-state index contributed by atoms with van der Waals surface area (Å²) in [5, 5.41) is 18.9. The van der Waals surface area contributed by atoms with Crippen molar-refractivity contribution in [2.45, 2.75) is 205 Å². The van der Waals surface area contributed by atoms with Gasteiger partial charge >= 0.3 is 11.9 Å². The van der Waals surface area contributed by atoms with Crippen molar-refractivity contribution in [2.24, 2.45) is 11.8 Å². The average molecular weight is 647 g/mol. The van der Waals surface area contributed by atoms with Crippen LogP contribution in [0.4, 0.5) is 0 Å². The zero-order valence-corrected chi connectivity index (χ0v) is 30.9. The van der Waals surface area contributed by atoms with E-state index in [1.165, 1.54) is 12.8 Å². The second-order valence-electron chi connectivity index (χ2n) is 18.3. The monoisotopic (exact) mass is 647 g/mol. The number of likely N-dealkylation sites (tertiary alicyclic amines) is 1. The first kappa shape index (κ1) is 37.6. The minimum absolute atomic E-state index is 0.0374. The van der Waals surface area contributed by atoms with E-state index in [-0.39, 0.29) is 46.6 Å². The molecule has 3 unspecified atom stereocenters. The van der Waals surface area contributed by atoms with Crippen LogP contribution in [0.15, 0.2) is 0 Å². The van der Waals surface area contributed by atoms with E-state index >= 15 is 0 Å². The summed E-state index contributed by atoms with van der Waals surface area (Å²) in [6, 6.07) is 0.441. The first-order valence-electron chi connectivity index (χ1n) is 19.0. The minimum atomic E-state index is -0.712. The second-order valence-corrected chi connectivity index (χ2v) is 18.3. The highest BCUT2D eigenvalue weighted by molar-refractivity contribution is 5.75. The molecule has 0 bridgehead atoms. The van der Waals surface area contributed by atoms with E-state index in [1.807, 2.05) is 0 Å². The molecule has 0 aromatic rings. The summed E-state index contributed by atoms with van der Waals surface area (Å²) in [7, 11) is 0. The topological polar surface area (TPSA) is 94.1 Å². The first-order chi connectivity index (χ1) is 21.5. The van der Waals surface area contributed by atoms with E-state index in [0.717, 1.165) is 103 Å². The third kappa shape index (κ3) is 10.9. The molecule has 0 amide bonds. The zero-order chi connectivity index (χ0) is 33.8. The fraction of sp³-hybridized carbons (Fsp3) is 0.947. The second kappa shape index (κ2) is 15.6. The van der Waals surface area contributed by atoms with Crippen molar-refractivity contribution in [3.05, 3.63) is 0 Å². The van der Waals surface area contributed by atoms with Gasteiger partial charge in [-0.2, -0.15) is 0 Å². The summed E-state index contributed by atoms with van der Waals surface area (Å²) in [4.78, 5) is 34.7. The van der Waals surface area contributed by atoms with E-state index in [4.69, 9.17) is 9.94 Å². The molecule has 8 heteroatoms. The predicted octanol–water partition coefficient (Wildman–Crippen LogP) is 7.45. The number of nitrogens with zero attached hydrogens (tertiary/aromatic N) is 2. The fourth-order valence-corrected chi connectivity index (χ4v) is 10.5. The van der Waals surface area contributed by atoms with Crippen LogP contribution in [0.3, 0.4) is 0 Å². The Morgan fingerprint density at radius 2 is 1.17 bits per heavy atom. The number of nitrogens with one attached hydrogen (secondary N) is 2. The number of hydrogen-bond donors (Lipinski definition) is 3. The molecule has 4 heterocycles. The van der Waals surface area contributed by atoms with Crippen molar-refractivity contribution < 1.29 is 19.5 Å². The molecule has 0 aromatic heterocycles. The van der Waals surface area contributed by atoms with Crippen molar-refractivity contribution >= 4 is 11.9 Å². The molecule has 0 spiro atoms. The average Bonchev–Trinajstić information content (AvgIpc) is 2.91. The zero-order valence-electron chi connectivity index (χ0n) is 30.9. The van der Waals surface area contributed by atoms with E-state index in [9.17, 15) is 9.59 Å². The Morgan fingerprint density at radius 3 is 1.74 bits per heavy atom. The summed E-state index contributed by atoms with van der Waals surface area (Å²) < 4.78 is 0. The molecule has 4 aliphatic rings. The normalized spacial score (nSPS) is 29.7. The van der Waals surface area contributed by atoms with Crippen LogP contribution in [0.2, 0.25) is 0 Å². The largest absolute Gasteiger partial charge is 0.481 e. The Balaban J connectivity index is 1.51. The Hall–Kier alpha value is -1.22. The van der Waals surface area contributed by atoms with Crippen LogP contribution in [-0.2, 0) is 14.4 Å². The number of carbonyl (C=O) groups excluding carboxylic acids is 1. The molecule has 4 saturated heterocycles. The summed E-state index contributed by atoms with van der Waals surface area (Å²) in [5.74, 6) is 0.283. The number of unbranched alkanes of at least 4 members (excludes halogenated alkanes) is 4. The molecule has 0 saturated carbocycles. The van der Waals surface area contributed by atoms with Crippen molar-refractivity contribution in [1.82, 2.24) is 20.6 Å². The molecule has 3 atom stereocenters. The van der Waals surface area contributed by atoms with Crippen molar-refractivity contribution in [3.63, 3.8) is 0 Å². The van der Waals surface area contributed by atoms with Crippen molar-refractivity contribution in [3.8, 4) is 0 Å². The van der Waals surface area contributed by atoms with E-state index in [2.05, 4.69) is 76.0 Å². The maximum Gasteiger partial charge on any atom is 0.342 e. The van der Waals surface area contributed by atoms with E-state index in [1.54, 1.807) is 0 Å². The smallest absolute Gasteiger partial charge is 0.342 e. The maximum atomic E-state index is 14.5. The van der Waals surface area contributed by atoms with E-state index < -0.39 is 5.97 Å². The molecule has 4 fully saturated rings. The van der Waals surface area contributed by atoms with Crippen LogP contribution < -0.4 is 10.6 Å². The van der Waals surface area contributed by atoms with Gasteiger partial charge in [-0.1, -0.05) is 38.5 Å². The lowest BCUT2D eigenvalue weighted by Gasteiger charge is -2.53. The van der Waals surface area contributed by atoms with Crippen LogP contribution in [0.25, 0.3) is 0 Å². The molecule has 0 aromatic carbocycles. The third-order valence-corrected chi connectivity index (χ3v) is 11.4. The van der Waals surface area contributed by atoms with Gasteiger partial charge in [-0.15, -0.1) is 5.06 Å². The van der Waals surface area contributed by atoms with Crippen LogP contribution in [-0.4, -0.2) is 80.4 Å². The fourth-order valence-electron chi connectivity index (χ4n) is 10.5. The number of hydrogen-bond acceptors (Lipinski definition) is 7. The molecule has 266 valence electrons. The summed E-state index contributed by atoms with van der Waals surface area (Å²) in [6.07, 6.45) is 17.1. The lowest BCUT2D eigenvalue weighted by Crippen LogP contribution is -2.63. The number of rotatable bonds is 13. The van der Waals surface area contributed by atoms with Gasteiger partial charge in [0.15, 0.2) is 0 Å². The van der Waals surface area contributed by atoms with Crippen LogP contribution in [0.5, 0.6) is 0 Å². The highest BCUT2D eigenvalue weighted by atomic mass is 16.7. The molecule has 46 heavy (non-hydrogen) atoms. The third-order valence-electron chi connectivity index (χ3n) is 11.4. The summed E-state index contributed by atoms with van der Waals surface area (Å²) >= 11 is 0. The van der Waals surface area contributed by atoms with Crippen molar-refractivity contribution in [2.75, 3.05) is 13.1 Å². The van der Waals surface area contributed by atoms with E-state index in [0.29, 0.717) is 17.9 Å². The standard InChI is InChI=1S/C38H70N4O4/c1-35(2)24-28(25-36(3,4)39-35)30-18-14-16-22-41(30)32(20-12-10-9-11-13-21-33(43)44)34(45)46-42-23-17-15-19-31(42)29-26-37(5,6)40-38(7,8)27-29/h28-32,39-40H,9-27H2,1-8H3,(H,43,44). The highest BCUT2D eigenvalue weighted by Gasteiger charge is 2.47. The summed E-state index contributed by atoms with van der Waals surface area (Å²) in [5.41, 5.74) is 0.256. The van der Waals surface area contributed by atoms with Gasteiger partial charge in [0.2, 0.25) is 0 Å². The number of aliphatic carboxylic acids is 1. The predicted molar refractivity (Wildman–Crippen MR) is 187 cm³/mol. The summed E-state index contributed by atoms with van der Waals surface area (Å²) in [6.45, 7) is 20.4.